The highest BCUT2D eigenvalue weighted by Crippen LogP contribution is 2.34. The van der Waals surface area contributed by atoms with E-state index in [0.717, 1.165) is 28.3 Å². The predicted octanol–water partition coefficient (Wildman–Crippen LogP) is 5.69. The fraction of sp³-hybridized carbons (Fsp3) is 0.250. The van der Waals surface area contributed by atoms with Gasteiger partial charge in [-0.1, -0.05) is 63.2 Å². The van der Waals surface area contributed by atoms with Crippen LogP contribution in [0.15, 0.2) is 60.7 Å². The summed E-state index contributed by atoms with van der Waals surface area (Å²) in [5, 5.41) is 3.54. The van der Waals surface area contributed by atoms with Crippen molar-refractivity contribution >= 4 is 28.5 Å². The molecule has 0 aliphatic rings. The summed E-state index contributed by atoms with van der Waals surface area (Å²) < 4.78 is 5.24. The quantitative estimate of drug-likeness (QED) is 0.535. The Morgan fingerprint density at radius 3 is 2.41 bits per heavy atom. The molecular weight excluding hydrogens is 380 g/mol. The van der Waals surface area contributed by atoms with E-state index in [1.54, 1.807) is 13.2 Å². The molecule has 0 radical (unpaired) electrons. The highest BCUT2D eigenvalue weighted by Gasteiger charge is 2.23. The van der Waals surface area contributed by atoms with Gasteiger partial charge in [-0.3, -0.25) is 10.1 Å². The summed E-state index contributed by atoms with van der Waals surface area (Å²) in [6.45, 7) is 6.42. The minimum atomic E-state index is -0.181. The maximum absolute atomic E-state index is 12.3. The molecule has 1 amide bonds. The summed E-state index contributed by atoms with van der Waals surface area (Å²) >= 11 is 1.53. The molecule has 1 heterocycles. The first kappa shape index (κ1) is 20.8. The van der Waals surface area contributed by atoms with Gasteiger partial charge in [0, 0.05) is 22.8 Å². The Bertz CT molecular complexity index is 984. The summed E-state index contributed by atoms with van der Waals surface area (Å²) in [5.74, 6) is 0.659. The smallest absolute Gasteiger partial charge is 0.250 e. The Labute approximate surface area is 176 Å². The number of carbonyl (C=O) groups is 1. The van der Waals surface area contributed by atoms with Crippen molar-refractivity contribution in [1.29, 1.82) is 0 Å². The van der Waals surface area contributed by atoms with Crippen LogP contribution in [0.5, 0.6) is 5.75 Å². The molecule has 3 rings (SSSR count). The van der Waals surface area contributed by atoms with E-state index in [9.17, 15) is 4.79 Å². The number of rotatable bonds is 6. The van der Waals surface area contributed by atoms with E-state index in [4.69, 9.17) is 9.72 Å². The molecule has 4 nitrogen and oxygen atoms in total. The van der Waals surface area contributed by atoms with Crippen molar-refractivity contribution < 1.29 is 9.53 Å². The summed E-state index contributed by atoms with van der Waals surface area (Å²) in [6.07, 6.45) is 4.10. The number of nitrogens with zero attached hydrogens (tertiary/aromatic N) is 1. The van der Waals surface area contributed by atoms with Gasteiger partial charge in [0.05, 0.1) is 12.8 Å². The Morgan fingerprint density at radius 2 is 1.79 bits per heavy atom. The molecule has 0 aliphatic heterocycles. The van der Waals surface area contributed by atoms with Crippen molar-refractivity contribution in [3.05, 3.63) is 82.4 Å². The first-order chi connectivity index (χ1) is 13.8. The molecule has 0 bridgehead atoms. The lowest BCUT2D eigenvalue weighted by Gasteiger charge is -2.17. The Morgan fingerprint density at radius 1 is 1.10 bits per heavy atom. The number of ether oxygens (including phenoxy) is 1. The highest BCUT2D eigenvalue weighted by molar-refractivity contribution is 7.16. The summed E-state index contributed by atoms with van der Waals surface area (Å²) in [4.78, 5) is 18.2. The lowest BCUT2D eigenvalue weighted by atomic mass is 9.90. The van der Waals surface area contributed by atoms with Gasteiger partial charge in [-0.2, -0.15) is 0 Å². The average molecular weight is 407 g/mol. The first-order valence-electron chi connectivity index (χ1n) is 9.52. The standard InChI is InChI=1S/C24H26N2O2S/c1-24(2,3)22-20(16-18-10-13-19(28-4)14-11-18)29-23(26-22)25-21(27)15-12-17-8-6-5-7-9-17/h5-15H,16H2,1-4H3,(H,25,26,27). The Kier molecular flexibility index (Phi) is 6.49. The molecule has 0 spiro atoms. The third kappa shape index (κ3) is 5.78. The van der Waals surface area contributed by atoms with Crippen LogP contribution in [0.1, 0.15) is 42.5 Å². The van der Waals surface area contributed by atoms with Crippen molar-refractivity contribution in [2.45, 2.75) is 32.6 Å². The highest BCUT2D eigenvalue weighted by atomic mass is 32.1. The second kappa shape index (κ2) is 9.05. The van der Waals surface area contributed by atoms with Crippen molar-refractivity contribution in [1.82, 2.24) is 4.98 Å². The van der Waals surface area contributed by atoms with Gasteiger partial charge in [0.2, 0.25) is 5.91 Å². The van der Waals surface area contributed by atoms with E-state index in [1.807, 2.05) is 42.5 Å². The Balaban J connectivity index is 1.77. The van der Waals surface area contributed by atoms with Crippen molar-refractivity contribution in [3.8, 4) is 5.75 Å². The lowest BCUT2D eigenvalue weighted by molar-refractivity contribution is -0.111. The molecule has 0 fully saturated rings. The van der Waals surface area contributed by atoms with Gasteiger partial charge in [-0.25, -0.2) is 4.98 Å². The fourth-order valence-corrected chi connectivity index (χ4v) is 4.13. The molecule has 1 N–H and O–H groups in total. The zero-order chi connectivity index (χ0) is 20.9. The molecule has 29 heavy (non-hydrogen) atoms. The van der Waals surface area contributed by atoms with Crippen molar-refractivity contribution in [2.24, 2.45) is 0 Å². The largest absolute Gasteiger partial charge is 0.497 e. The third-order valence-electron chi connectivity index (χ3n) is 4.39. The number of hydrogen-bond donors (Lipinski definition) is 1. The zero-order valence-electron chi connectivity index (χ0n) is 17.2. The number of anilines is 1. The average Bonchev–Trinajstić information content (AvgIpc) is 3.10. The molecule has 0 saturated heterocycles. The Hall–Kier alpha value is -2.92. The minimum absolute atomic E-state index is 0.110. The van der Waals surface area contributed by atoms with Crippen molar-refractivity contribution in [3.63, 3.8) is 0 Å². The predicted molar refractivity (Wildman–Crippen MR) is 121 cm³/mol. The van der Waals surface area contributed by atoms with Crippen LogP contribution in [-0.4, -0.2) is 18.0 Å². The molecule has 0 unspecified atom stereocenters. The fourth-order valence-electron chi connectivity index (χ4n) is 2.92. The van der Waals surface area contributed by atoms with Crippen molar-refractivity contribution in [2.75, 3.05) is 12.4 Å². The number of amides is 1. The van der Waals surface area contributed by atoms with Crippen LogP contribution in [-0.2, 0) is 16.6 Å². The van der Waals surface area contributed by atoms with E-state index in [0.29, 0.717) is 5.13 Å². The van der Waals surface area contributed by atoms with Crippen LogP contribution in [0.4, 0.5) is 5.13 Å². The molecule has 0 atom stereocenters. The molecular formula is C24H26N2O2S. The van der Waals surface area contributed by atoms with Crippen LogP contribution in [0.25, 0.3) is 6.08 Å². The van der Waals surface area contributed by atoms with Gasteiger partial charge < -0.3 is 4.74 Å². The number of carbonyl (C=O) groups excluding carboxylic acids is 1. The van der Waals surface area contributed by atoms with E-state index in [1.165, 1.54) is 23.0 Å². The van der Waals surface area contributed by atoms with Gasteiger partial charge in [-0.05, 0) is 29.3 Å². The third-order valence-corrected chi connectivity index (χ3v) is 5.36. The topological polar surface area (TPSA) is 51.2 Å². The SMILES string of the molecule is COc1ccc(Cc2sc(NC(=O)C=Cc3ccccc3)nc2C(C)(C)C)cc1. The van der Waals surface area contributed by atoms with E-state index < -0.39 is 0 Å². The molecule has 3 aromatic rings. The maximum Gasteiger partial charge on any atom is 0.250 e. The van der Waals surface area contributed by atoms with Gasteiger partial charge in [0.25, 0.3) is 0 Å². The second-order valence-corrected chi connectivity index (χ2v) is 8.88. The molecule has 150 valence electrons. The molecule has 0 saturated carbocycles. The normalized spacial score (nSPS) is 11.6. The first-order valence-corrected chi connectivity index (χ1v) is 10.3. The summed E-state index contributed by atoms with van der Waals surface area (Å²) in [5.41, 5.74) is 3.07. The van der Waals surface area contributed by atoms with Gasteiger partial charge >= 0.3 is 0 Å². The van der Waals surface area contributed by atoms with Crippen LogP contribution >= 0.6 is 11.3 Å². The maximum atomic E-state index is 12.3. The van der Waals surface area contributed by atoms with Crippen LogP contribution in [0.2, 0.25) is 0 Å². The summed E-state index contributed by atoms with van der Waals surface area (Å²) in [6, 6.07) is 17.8. The van der Waals surface area contributed by atoms with E-state index in [-0.39, 0.29) is 11.3 Å². The molecule has 0 aliphatic carbocycles. The van der Waals surface area contributed by atoms with Gasteiger partial charge in [0.15, 0.2) is 5.13 Å². The number of hydrogen-bond acceptors (Lipinski definition) is 4. The van der Waals surface area contributed by atoms with E-state index in [2.05, 4.69) is 38.2 Å². The number of benzene rings is 2. The second-order valence-electron chi connectivity index (χ2n) is 7.80. The van der Waals surface area contributed by atoms with Crippen LogP contribution < -0.4 is 10.1 Å². The lowest BCUT2D eigenvalue weighted by Crippen LogP contribution is -2.15. The molecule has 1 aromatic heterocycles. The van der Waals surface area contributed by atoms with Gasteiger partial charge in [-0.15, -0.1) is 11.3 Å². The summed E-state index contributed by atoms with van der Waals surface area (Å²) in [7, 11) is 1.66. The van der Waals surface area contributed by atoms with E-state index >= 15 is 0 Å². The molecule has 5 heteroatoms. The monoisotopic (exact) mass is 406 g/mol. The number of methoxy groups -OCH3 is 1. The number of aromatic nitrogens is 1. The van der Waals surface area contributed by atoms with Crippen LogP contribution in [0.3, 0.4) is 0 Å². The zero-order valence-corrected chi connectivity index (χ0v) is 18.0. The minimum Gasteiger partial charge on any atom is -0.497 e. The van der Waals surface area contributed by atoms with Crippen LogP contribution in [0, 0.1) is 0 Å². The van der Waals surface area contributed by atoms with Gasteiger partial charge in [0.1, 0.15) is 5.75 Å². The number of nitrogens with one attached hydrogen (secondary N) is 1. The molecule has 2 aromatic carbocycles. The number of thiazole rings is 1.